The molecule has 41 heavy (non-hydrogen) atoms. The third-order valence-corrected chi connectivity index (χ3v) is 7.71. The van der Waals surface area contributed by atoms with Gasteiger partial charge in [0.05, 0.1) is 11.9 Å². The molecule has 3 aromatic carbocycles. The molecule has 3 aromatic rings. The summed E-state index contributed by atoms with van der Waals surface area (Å²) in [5, 5.41) is 2.90. The Morgan fingerprint density at radius 1 is 0.878 bits per heavy atom. The zero-order chi connectivity index (χ0) is 30.0. The number of halogens is 2. The Balaban J connectivity index is 1.90. The van der Waals surface area contributed by atoms with Crippen molar-refractivity contribution in [3.05, 3.63) is 102 Å². The lowest BCUT2D eigenvalue weighted by Gasteiger charge is -2.32. The molecule has 0 unspecified atom stereocenters. The molecule has 10 heteroatoms. The van der Waals surface area contributed by atoms with Crippen LogP contribution in [0.3, 0.4) is 0 Å². The minimum atomic E-state index is -3.84. The Hall–Kier alpha value is -3.79. The number of nitrogens with zero attached hydrogens (tertiary/aromatic N) is 2. The van der Waals surface area contributed by atoms with Gasteiger partial charge in [0.15, 0.2) is 0 Å². The Labute approximate surface area is 241 Å². The summed E-state index contributed by atoms with van der Waals surface area (Å²) in [5.74, 6) is -1.84. The molecule has 0 bridgehead atoms. The van der Waals surface area contributed by atoms with E-state index in [2.05, 4.69) is 5.32 Å². The number of benzene rings is 3. The van der Waals surface area contributed by atoms with Crippen LogP contribution in [-0.4, -0.2) is 50.5 Å². The minimum absolute atomic E-state index is 0.0552. The van der Waals surface area contributed by atoms with Crippen molar-refractivity contribution < 1.29 is 26.8 Å². The van der Waals surface area contributed by atoms with Crippen molar-refractivity contribution in [3.8, 4) is 0 Å². The zero-order valence-electron chi connectivity index (χ0n) is 23.6. The molecule has 0 fully saturated rings. The van der Waals surface area contributed by atoms with Crippen LogP contribution >= 0.6 is 0 Å². The fraction of sp³-hybridized carbons (Fsp3) is 0.355. The van der Waals surface area contributed by atoms with E-state index >= 15 is 0 Å². The van der Waals surface area contributed by atoms with Gasteiger partial charge in [-0.05, 0) is 36.1 Å². The molecule has 2 amide bonds. The van der Waals surface area contributed by atoms with Crippen LogP contribution in [0, 0.1) is 17.6 Å². The molecular formula is C31H37F2N3O4S. The Morgan fingerprint density at radius 2 is 1.49 bits per heavy atom. The number of carbonyl (C=O) groups is 2. The highest BCUT2D eigenvalue weighted by atomic mass is 32.2. The Kier molecular flexibility index (Phi) is 11.4. The Morgan fingerprint density at radius 3 is 2.10 bits per heavy atom. The SMILES string of the molecule is CC(C)CNC(=O)[C@@H](Cc1ccccc1)N(Cc1ccccc1F)C(=O)CCCN(c1ccccc1F)S(C)(=O)=O. The summed E-state index contributed by atoms with van der Waals surface area (Å²) in [5.41, 5.74) is 0.965. The molecule has 0 aliphatic carbocycles. The molecule has 0 saturated carbocycles. The van der Waals surface area contributed by atoms with Crippen LogP contribution < -0.4 is 9.62 Å². The van der Waals surface area contributed by atoms with E-state index in [-0.39, 0.29) is 55.4 Å². The van der Waals surface area contributed by atoms with Crippen LogP contribution in [0.15, 0.2) is 78.9 Å². The molecule has 0 saturated heterocycles. The maximum atomic E-state index is 14.7. The lowest BCUT2D eigenvalue weighted by atomic mass is 10.0. The van der Waals surface area contributed by atoms with Crippen LogP contribution in [0.5, 0.6) is 0 Å². The number of nitrogens with one attached hydrogen (secondary N) is 1. The van der Waals surface area contributed by atoms with Crippen LogP contribution in [0.25, 0.3) is 0 Å². The van der Waals surface area contributed by atoms with E-state index in [9.17, 15) is 26.8 Å². The van der Waals surface area contributed by atoms with E-state index in [1.54, 1.807) is 18.2 Å². The van der Waals surface area contributed by atoms with E-state index < -0.39 is 33.6 Å². The first-order chi connectivity index (χ1) is 19.5. The minimum Gasteiger partial charge on any atom is -0.354 e. The van der Waals surface area contributed by atoms with Gasteiger partial charge in [0.1, 0.15) is 17.7 Å². The van der Waals surface area contributed by atoms with Crippen LogP contribution in [-0.2, 0) is 32.6 Å². The maximum Gasteiger partial charge on any atom is 0.243 e. The second kappa shape index (κ2) is 14.7. The molecule has 0 radical (unpaired) electrons. The monoisotopic (exact) mass is 585 g/mol. The molecule has 7 nitrogen and oxygen atoms in total. The van der Waals surface area contributed by atoms with Gasteiger partial charge in [-0.2, -0.15) is 0 Å². The van der Waals surface area contributed by atoms with Gasteiger partial charge in [-0.25, -0.2) is 17.2 Å². The van der Waals surface area contributed by atoms with Gasteiger partial charge in [0.25, 0.3) is 0 Å². The van der Waals surface area contributed by atoms with Gasteiger partial charge in [0, 0.05) is 38.0 Å². The highest BCUT2D eigenvalue weighted by Gasteiger charge is 2.31. The van der Waals surface area contributed by atoms with Gasteiger partial charge in [0.2, 0.25) is 21.8 Å². The normalized spacial score (nSPS) is 12.1. The standard InChI is InChI=1S/C31H37F2N3O4S/c1-23(2)21-34-31(38)29(20-24-12-5-4-6-13-24)35(22-25-14-7-8-15-26(25)32)30(37)18-11-19-36(41(3,39)40)28-17-10-9-16-27(28)33/h4-10,12-17,23,29H,11,18-22H2,1-3H3,(H,34,38)/t29-/m1/s1. The summed E-state index contributed by atoms with van der Waals surface area (Å²) < 4.78 is 55.0. The quantitative estimate of drug-likeness (QED) is 0.291. The Bertz CT molecular complexity index is 1420. The third kappa shape index (κ3) is 9.38. The molecule has 3 rings (SSSR count). The molecule has 0 aromatic heterocycles. The molecule has 1 atom stereocenters. The molecule has 0 spiro atoms. The fourth-order valence-corrected chi connectivity index (χ4v) is 5.39. The number of hydrogen-bond donors (Lipinski definition) is 1. The van der Waals surface area contributed by atoms with Crippen molar-refractivity contribution in [2.75, 3.05) is 23.7 Å². The summed E-state index contributed by atoms with van der Waals surface area (Å²) in [6, 6.07) is 19.9. The van der Waals surface area contributed by atoms with Gasteiger partial charge in [-0.1, -0.05) is 74.5 Å². The number of carbonyl (C=O) groups excluding carboxylic acids is 2. The molecule has 0 aliphatic heterocycles. The number of para-hydroxylation sites is 1. The predicted molar refractivity (Wildman–Crippen MR) is 157 cm³/mol. The first-order valence-corrected chi connectivity index (χ1v) is 15.4. The lowest BCUT2D eigenvalue weighted by molar-refractivity contribution is -0.141. The van der Waals surface area contributed by atoms with Crippen molar-refractivity contribution in [1.29, 1.82) is 0 Å². The largest absolute Gasteiger partial charge is 0.354 e. The van der Waals surface area contributed by atoms with Crippen LogP contribution in [0.2, 0.25) is 0 Å². The van der Waals surface area contributed by atoms with Crippen molar-refractivity contribution in [1.82, 2.24) is 10.2 Å². The average Bonchev–Trinajstić information content (AvgIpc) is 2.93. The van der Waals surface area contributed by atoms with E-state index in [1.165, 1.54) is 35.2 Å². The van der Waals surface area contributed by atoms with Crippen LogP contribution in [0.1, 0.15) is 37.8 Å². The molecule has 0 heterocycles. The lowest BCUT2D eigenvalue weighted by Crippen LogP contribution is -2.51. The first kappa shape index (κ1) is 31.7. The van der Waals surface area contributed by atoms with Gasteiger partial charge >= 0.3 is 0 Å². The molecular weight excluding hydrogens is 548 g/mol. The summed E-state index contributed by atoms with van der Waals surface area (Å²) >= 11 is 0. The molecule has 220 valence electrons. The number of rotatable bonds is 14. The second-order valence-electron chi connectivity index (χ2n) is 10.3. The van der Waals surface area contributed by atoms with Crippen molar-refractivity contribution in [2.45, 2.75) is 45.7 Å². The third-order valence-electron chi connectivity index (χ3n) is 6.53. The van der Waals surface area contributed by atoms with Crippen molar-refractivity contribution in [3.63, 3.8) is 0 Å². The molecule has 0 aliphatic rings. The van der Waals surface area contributed by atoms with Gasteiger partial charge in [-0.3, -0.25) is 13.9 Å². The highest BCUT2D eigenvalue weighted by molar-refractivity contribution is 7.92. The van der Waals surface area contributed by atoms with E-state index in [1.807, 2.05) is 44.2 Å². The second-order valence-corrected chi connectivity index (χ2v) is 12.3. The summed E-state index contributed by atoms with van der Waals surface area (Å²) in [6.45, 7) is 4.01. The number of sulfonamides is 1. The predicted octanol–water partition coefficient (Wildman–Crippen LogP) is 4.92. The maximum absolute atomic E-state index is 14.7. The first-order valence-electron chi connectivity index (χ1n) is 13.5. The van der Waals surface area contributed by atoms with Gasteiger partial charge < -0.3 is 10.2 Å². The fourth-order valence-electron chi connectivity index (χ4n) is 4.42. The van der Waals surface area contributed by atoms with Crippen LogP contribution in [0.4, 0.5) is 14.5 Å². The highest BCUT2D eigenvalue weighted by Crippen LogP contribution is 2.23. The average molecular weight is 586 g/mol. The van der Waals surface area contributed by atoms with Gasteiger partial charge in [-0.15, -0.1) is 0 Å². The number of anilines is 1. The van der Waals surface area contributed by atoms with Crippen molar-refractivity contribution in [2.24, 2.45) is 5.92 Å². The summed E-state index contributed by atoms with van der Waals surface area (Å²) in [4.78, 5) is 28.6. The smallest absolute Gasteiger partial charge is 0.243 e. The zero-order valence-corrected chi connectivity index (χ0v) is 24.4. The van der Waals surface area contributed by atoms with E-state index in [0.29, 0.717) is 6.54 Å². The number of hydrogen-bond acceptors (Lipinski definition) is 4. The van der Waals surface area contributed by atoms with E-state index in [4.69, 9.17) is 0 Å². The summed E-state index contributed by atoms with van der Waals surface area (Å²) in [6.07, 6.45) is 1.09. The number of amides is 2. The summed E-state index contributed by atoms with van der Waals surface area (Å²) in [7, 11) is -3.84. The topological polar surface area (TPSA) is 86.8 Å². The van der Waals surface area contributed by atoms with Crippen molar-refractivity contribution >= 4 is 27.5 Å². The van der Waals surface area contributed by atoms with E-state index in [0.717, 1.165) is 16.1 Å². The molecule has 1 N–H and O–H groups in total.